The van der Waals surface area contributed by atoms with Crippen LogP contribution in [-0.4, -0.2) is 23.1 Å². The van der Waals surface area contributed by atoms with Gasteiger partial charge in [-0.25, -0.2) is 0 Å². The Morgan fingerprint density at radius 3 is 2.33 bits per heavy atom. The van der Waals surface area contributed by atoms with E-state index in [0.717, 1.165) is 17.7 Å². The van der Waals surface area contributed by atoms with Crippen molar-refractivity contribution in [3.63, 3.8) is 0 Å². The predicted octanol–water partition coefficient (Wildman–Crippen LogP) is 1.52. The maximum atomic E-state index is 8.88. The smallest absolute Gasteiger partial charge is 0.0949 e. The van der Waals surface area contributed by atoms with Crippen LogP contribution >= 0.6 is 0 Å². The highest BCUT2D eigenvalue weighted by Crippen LogP contribution is 2.08. The summed E-state index contributed by atoms with van der Waals surface area (Å²) in [5.41, 5.74) is 2.06. The van der Waals surface area contributed by atoms with Crippen LogP contribution in [0, 0.1) is 11.3 Å². The van der Waals surface area contributed by atoms with E-state index in [1.165, 1.54) is 0 Å². The second kappa shape index (κ2) is 5.50. The SMILES string of the molecule is CC(C#N)N(C)Cc1ccc(CO)cc1. The van der Waals surface area contributed by atoms with Crippen LogP contribution in [-0.2, 0) is 13.2 Å². The molecule has 3 nitrogen and oxygen atoms in total. The Morgan fingerprint density at radius 2 is 1.87 bits per heavy atom. The zero-order chi connectivity index (χ0) is 11.3. The second-order valence-electron chi connectivity index (χ2n) is 3.69. The molecule has 0 aromatic heterocycles. The molecule has 1 N–H and O–H groups in total. The van der Waals surface area contributed by atoms with Gasteiger partial charge in [0.2, 0.25) is 0 Å². The van der Waals surface area contributed by atoms with E-state index in [1.54, 1.807) is 0 Å². The molecule has 1 atom stereocenters. The van der Waals surface area contributed by atoms with E-state index < -0.39 is 0 Å². The molecule has 15 heavy (non-hydrogen) atoms. The highest BCUT2D eigenvalue weighted by Gasteiger charge is 2.07. The van der Waals surface area contributed by atoms with Gasteiger partial charge in [0.15, 0.2) is 0 Å². The number of rotatable bonds is 4. The van der Waals surface area contributed by atoms with E-state index in [1.807, 2.05) is 43.1 Å². The molecular weight excluding hydrogens is 188 g/mol. The molecule has 0 heterocycles. The minimum Gasteiger partial charge on any atom is -0.392 e. The van der Waals surface area contributed by atoms with Crippen molar-refractivity contribution in [2.75, 3.05) is 7.05 Å². The lowest BCUT2D eigenvalue weighted by atomic mass is 10.1. The Balaban J connectivity index is 2.61. The van der Waals surface area contributed by atoms with Crippen molar-refractivity contribution in [2.24, 2.45) is 0 Å². The Morgan fingerprint density at radius 1 is 1.33 bits per heavy atom. The number of hydrogen-bond donors (Lipinski definition) is 1. The summed E-state index contributed by atoms with van der Waals surface area (Å²) in [5.74, 6) is 0. The first-order valence-electron chi connectivity index (χ1n) is 4.96. The van der Waals surface area contributed by atoms with Crippen LogP contribution in [0.5, 0.6) is 0 Å². The fourth-order valence-corrected chi connectivity index (χ4v) is 1.27. The normalized spacial score (nSPS) is 12.5. The van der Waals surface area contributed by atoms with Crippen LogP contribution in [0.2, 0.25) is 0 Å². The highest BCUT2D eigenvalue weighted by molar-refractivity contribution is 5.22. The van der Waals surface area contributed by atoms with Crippen molar-refractivity contribution >= 4 is 0 Å². The molecule has 0 saturated carbocycles. The Kier molecular flexibility index (Phi) is 4.29. The number of hydrogen-bond acceptors (Lipinski definition) is 3. The number of aliphatic hydroxyl groups is 1. The zero-order valence-corrected chi connectivity index (χ0v) is 9.14. The lowest BCUT2D eigenvalue weighted by Gasteiger charge is -2.18. The van der Waals surface area contributed by atoms with Gasteiger partial charge in [0, 0.05) is 6.54 Å². The fraction of sp³-hybridized carbons (Fsp3) is 0.417. The molecule has 0 radical (unpaired) electrons. The van der Waals surface area contributed by atoms with E-state index in [4.69, 9.17) is 10.4 Å². The summed E-state index contributed by atoms with van der Waals surface area (Å²) in [4.78, 5) is 1.98. The first-order chi connectivity index (χ1) is 7.17. The minimum absolute atomic E-state index is 0.0741. The number of aliphatic hydroxyl groups excluding tert-OH is 1. The molecule has 80 valence electrons. The van der Waals surface area contributed by atoms with Crippen molar-refractivity contribution in [2.45, 2.75) is 26.1 Å². The maximum Gasteiger partial charge on any atom is 0.0949 e. The van der Waals surface area contributed by atoms with Crippen molar-refractivity contribution in [1.82, 2.24) is 4.90 Å². The molecule has 0 aliphatic carbocycles. The topological polar surface area (TPSA) is 47.3 Å². The summed E-state index contributed by atoms with van der Waals surface area (Å²) in [7, 11) is 1.92. The predicted molar refractivity (Wildman–Crippen MR) is 58.9 cm³/mol. The van der Waals surface area contributed by atoms with Crippen LogP contribution in [0.4, 0.5) is 0 Å². The molecule has 0 spiro atoms. The van der Waals surface area contributed by atoms with Crippen LogP contribution in [0.1, 0.15) is 18.1 Å². The maximum absolute atomic E-state index is 8.88. The van der Waals surface area contributed by atoms with Gasteiger partial charge in [-0.15, -0.1) is 0 Å². The molecule has 1 aromatic rings. The third-order valence-corrected chi connectivity index (χ3v) is 2.49. The van der Waals surface area contributed by atoms with Gasteiger partial charge in [0.25, 0.3) is 0 Å². The van der Waals surface area contributed by atoms with Crippen LogP contribution < -0.4 is 0 Å². The van der Waals surface area contributed by atoms with Gasteiger partial charge in [0.1, 0.15) is 0 Å². The molecule has 0 aliphatic heterocycles. The molecule has 3 heteroatoms. The Hall–Kier alpha value is -1.37. The van der Waals surface area contributed by atoms with Crippen LogP contribution in [0.25, 0.3) is 0 Å². The van der Waals surface area contributed by atoms with Gasteiger partial charge < -0.3 is 5.11 Å². The number of nitriles is 1. The summed E-state index contributed by atoms with van der Waals surface area (Å²) in [6, 6.07) is 9.88. The van der Waals surface area contributed by atoms with E-state index >= 15 is 0 Å². The number of benzene rings is 1. The largest absolute Gasteiger partial charge is 0.392 e. The third kappa shape index (κ3) is 3.35. The average Bonchev–Trinajstić information content (AvgIpc) is 2.29. The van der Waals surface area contributed by atoms with Crippen molar-refractivity contribution in [3.8, 4) is 6.07 Å². The molecular formula is C12H16N2O. The summed E-state index contributed by atoms with van der Waals surface area (Å²) in [5, 5.41) is 17.6. The fourth-order valence-electron chi connectivity index (χ4n) is 1.27. The van der Waals surface area contributed by atoms with Crippen molar-refractivity contribution < 1.29 is 5.11 Å². The first kappa shape index (κ1) is 11.7. The van der Waals surface area contributed by atoms with Crippen LogP contribution in [0.15, 0.2) is 24.3 Å². The molecule has 0 fully saturated rings. The van der Waals surface area contributed by atoms with E-state index in [-0.39, 0.29) is 12.6 Å². The molecule has 1 unspecified atom stereocenters. The van der Waals surface area contributed by atoms with Crippen molar-refractivity contribution in [3.05, 3.63) is 35.4 Å². The van der Waals surface area contributed by atoms with E-state index in [9.17, 15) is 0 Å². The summed E-state index contributed by atoms with van der Waals surface area (Å²) in [6.45, 7) is 2.70. The van der Waals surface area contributed by atoms with E-state index in [0.29, 0.717) is 0 Å². The van der Waals surface area contributed by atoms with Gasteiger partial charge in [-0.3, -0.25) is 4.90 Å². The zero-order valence-electron chi connectivity index (χ0n) is 9.14. The minimum atomic E-state index is -0.0810. The van der Waals surface area contributed by atoms with Crippen molar-refractivity contribution in [1.29, 1.82) is 5.26 Å². The first-order valence-corrected chi connectivity index (χ1v) is 4.96. The summed E-state index contributed by atoms with van der Waals surface area (Å²) < 4.78 is 0. The standard InChI is InChI=1S/C12H16N2O/c1-10(7-13)14(2)8-11-3-5-12(9-15)6-4-11/h3-6,10,15H,8-9H2,1-2H3. The monoisotopic (exact) mass is 204 g/mol. The van der Waals surface area contributed by atoms with E-state index in [2.05, 4.69) is 6.07 Å². The molecule has 0 bridgehead atoms. The Bertz CT molecular complexity index is 340. The summed E-state index contributed by atoms with van der Waals surface area (Å²) >= 11 is 0. The average molecular weight is 204 g/mol. The molecule has 1 aromatic carbocycles. The molecule has 0 amide bonds. The van der Waals surface area contributed by atoms with Gasteiger partial charge in [-0.2, -0.15) is 5.26 Å². The summed E-state index contributed by atoms with van der Waals surface area (Å²) in [6.07, 6.45) is 0. The number of nitrogens with zero attached hydrogens (tertiary/aromatic N) is 2. The van der Waals surface area contributed by atoms with Crippen LogP contribution in [0.3, 0.4) is 0 Å². The lowest BCUT2D eigenvalue weighted by molar-refractivity contribution is 0.281. The molecule has 1 rings (SSSR count). The van der Waals surface area contributed by atoms with Gasteiger partial charge >= 0.3 is 0 Å². The van der Waals surface area contributed by atoms with Gasteiger partial charge in [-0.05, 0) is 25.1 Å². The lowest BCUT2D eigenvalue weighted by Crippen LogP contribution is -2.26. The second-order valence-corrected chi connectivity index (χ2v) is 3.69. The molecule has 0 aliphatic rings. The Labute approximate surface area is 90.6 Å². The molecule has 0 saturated heterocycles. The quantitative estimate of drug-likeness (QED) is 0.809. The highest BCUT2D eigenvalue weighted by atomic mass is 16.3. The van der Waals surface area contributed by atoms with Gasteiger partial charge in [-0.1, -0.05) is 24.3 Å². The third-order valence-electron chi connectivity index (χ3n) is 2.49. The van der Waals surface area contributed by atoms with Gasteiger partial charge in [0.05, 0.1) is 18.7 Å².